The van der Waals surface area contributed by atoms with Gasteiger partial charge in [0.15, 0.2) is 5.16 Å². The summed E-state index contributed by atoms with van der Waals surface area (Å²) < 4.78 is 1.92. The first-order valence-electron chi connectivity index (χ1n) is 3.18. The molecule has 0 aliphatic heterocycles. The highest BCUT2D eigenvalue weighted by molar-refractivity contribution is 7.99. The quantitative estimate of drug-likeness (QED) is 0.483. The van der Waals surface area contributed by atoms with Gasteiger partial charge in [0.05, 0.1) is 5.75 Å². The van der Waals surface area contributed by atoms with E-state index in [1.165, 1.54) is 11.8 Å². The number of nitrogens with zero attached hydrogens (tertiary/aromatic N) is 3. The molecule has 1 rings (SSSR count). The fourth-order valence-electron chi connectivity index (χ4n) is 0.620. The Hall–Kier alpha value is -0.950. The van der Waals surface area contributed by atoms with Crippen molar-refractivity contribution in [2.24, 2.45) is 7.05 Å². The van der Waals surface area contributed by atoms with Gasteiger partial charge in [-0.25, -0.2) is 0 Å². The van der Waals surface area contributed by atoms with Crippen molar-refractivity contribution < 1.29 is 0 Å². The molecule has 0 amide bonds. The van der Waals surface area contributed by atoms with Crippen LogP contribution in [0.4, 0.5) is 0 Å². The lowest BCUT2D eigenvalue weighted by Gasteiger charge is -1.96. The molecule has 0 N–H and O–H groups in total. The van der Waals surface area contributed by atoms with Gasteiger partial charge in [0.2, 0.25) is 0 Å². The summed E-state index contributed by atoms with van der Waals surface area (Å²) in [6, 6.07) is 0. The molecular formula is C7H9N3S. The number of hydrogen-bond acceptors (Lipinski definition) is 3. The molecule has 3 nitrogen and oxygen atoms in total. The molecule has 1 aromatic rings. The average Bonchev–Trinajstić information content (AvgIpc) is 2.31. The van der Waals surface area contributed by atoms with Gasteiger partial charge in [-0.1, -0.05) is 17.7 Å². The summed E-state index contributed by atoms with van der Waals surface area (Å²) in [5.41, 5.74) is 0. The maximum absolute atomic E-state index is 5.10. The summed E-state index contributed by atoms with van der Waals surface area (Å²) in [6.45, 7) is 1.91. The third-order valence-corrected chi connectivity index (χ3v) is 2.26. The molecule has 58 valence electrons. The Morgan fingerprint density at radius 3 is 2.82 bits per heavy atom. The number of aryl methyl sites for hydroxylation is 1. The van der Waals surface area contributed by atoms with Crippen LogP contribution in [0.15, 0.2) is 5.16 Å². The van der Waals surface area contributed by atoms with Crippen molar-refractivity contribution in [2.45, 2.75) is 12.1 Å². The van der Waals surface area contributed by atoms with Crippen LogP contribution in [0.3, 0.4) is 0 Å². The Morgan fingerprint density at radius 2 is 2.36 bits per heavy atom. The molecule has 0 fully saturated rings. The van der Waals surface area contributed by atoms with Crippen LogP contribution in [-0.4, -0.2) is 20.5 Å². The molecule has 1 aromatic heterocycles. The Labute approximate surface area is 70.2 Å². The zero-order valence-electron chi connectivity index (χ0n) is 6.53. The maximum Gasteiger partial charge on any atom is 0.191 e. The highest BCUT2D eigenvalue weighted by atomic mass is 32.2. The largest absolute Gasteiger partial charge is 0.309 e. The smallest absolute Gasteiger partial charge is 0.191 e. The highest BCUT2D eigenvalue weighted by Crippen LogP contribution is 2.13. The third-order valence-electron chi connectivity index (χ3n) is 1.34. The molecule has 0 spiro atoms. The topological polar surface area (TPSA) is 30.7 Å². The molecule has 4 heteroatoms. The van der Waals surface area contributed by atoms with Gasteiger partial charge in [0.1, 0.15) is 5.82 Å². The van der Waals surface area contributed by atoms with Crippen molar-refractivity contribution in [1.82, 2.24) is 14.8 Å². The molecule has 11 heavy (non-hydrogen) atoms. The van der Waals surface area contributed by atoms with Crippen LogP contribution in [0.5, 0.6) is 0 Å². The summed E-state index contributed by atoms with van der Waals surface area (Å²) in [5, 5.41) is 8.70. The number of hydrogen-bond donors (Lipinski definition) is 0. The molecule has 0 aliphatic rings. The molecular weight excluding hydrogens is 158 g/mol. The summed E-state index contributed by atoms with van der Waals surface area (Å²) in [5.74, 6) is 4.09. The predicted octanol–water partition coefficient (Wildman–Crippen LogP) is 0.849. The lowest BCUT2D eigenvalue weighted by atomic mass is 10.7. The van der Waals surface area contributed by atoms with Gasteiger partial charge in [-0.2, -0.15) is 0 Å². The minimum absolute atomic E-state index is 0.645. The van der Waals surface area contributed by atoms with Crippen LogP contribution in [0.1, 0.15) is 5.82 Å². The standard InChI is InChI=1S/C7H9N3S/c1-4-5-11-7-9-8-6(2)10(7)3/h1H,5H2,2-3H3. The fourth-order valence-corrected chi connectivity index (χ4v) is 1.26. The third kappa shape index (κ3) is 1.75. The Kier molecular flexibility index (Phi) is 2.55. The summed E-state index contributed by atoms with van der Waals surface area (Å²) >= 11 is 1.52. The molecule has 0 unspecified atom stereocenters. The van der Waals surface area contributed by atoms with Crippen LogP contribution in [0, 0.1) is 19.3 Å². The first-order valence-corrected chi connectivity index (χ1v) is 4.16. The van der Waals surface area contributed by atoms with E-state index in [1.807, 2.05) is 18.5 Å². The molecule has 0 saturated carbocycles. The van der Waals surface area contributed by atoms with Crippen molar-refractivity contribution in [3.05, 3.63) is 5.82 Å². The molecule has 0 aliphatic carbocycles. The molecule has 0 radical (unpaired) electrons. The van der Waals surface area contributed by atoms with Gasteiger partial charge in [0.25, 0.3) is 0 Å². The van der Waals surface area contributed by atoms with Crippen LogP contribution in [-0.2, 0) is 7.05 Å². The van der Waals surface area contributed by atoms with Gasteiger partial charge in [0, 0.05) is 7.05 Å². The van der Waals surface area contributed by atoms with Crippen molar-refractivity contribution in [3.8, 4) is 12.3 Å². The van der Waals surface area contributed by atoms with Crippen LogP contribution in [0.25, 0.3) is 0 Å². The molecule has 0 saturated heterocycles. The van der Waals surface area contributed by atoms with E-state index in [9.17, 15) is 0 Å². The maximum atomic E-state index is 5.10. The van der Waals surface area contributed by atoms with Crippen LogP contribution < -0.4 is 0 Å². The van der Waals surface area contributed by atoms with Gasteiger partial charge in [-0.3, -0.25) is 0 Å². The molecule has 0 bridgehead atoms. The lowest BCUT2D eigenvalue weighted by molar-refractivity contribution is 0.766. The minimum atomic E-state index is 0.645. The van der Waals surface area contributed by atoms with Gasteiger partial charge >= 0.3 is 0 Å². The first-order chi connectivity index (χ1) is 5.25. The van der Waals surface area contributed by atoms with E-state index in [4.69, 9.17) is 6.42 Å². The van der Waals surface area contributed by atoms with Gasteiger partial charge in [-0.05, 0) is 6.92 Å². The predicted molar refractivity (Wildman–Crippen MR) is 45.3 cm³/mol. The Balaban J connectivity index is 2.72. The minimum Gasteiger partial charge on any atom is -0.309 e. The van der Waals surface area contributed by atoms with E-state index in [-0.39, 0.29) is 0 Å². The second-order valence-electron chi connectivity index (χ2n) is 2.08. The van der Waals surface area contributed by atoms with E-state index in [2.05, 4.69) is 16.1 Å². The van der Waals surface area contributed by atoms with Gasteiger partial charge in [-0.15, -0.1) is 16.6 Å². The molecule has 1 heterocycles. The van der Waals surface area contributed by atoms with Gasteiger partial charge < -0.3 is 4.57 Å². The summed E-state index contributed by atoms with van der Waals surface area (Å²) in [4.78, 5) is 0. The van der Waals surface area contributed by atoms with Crippen LogP contribution >= 0.6 is 11.8 Å². The van der Waals surface area contributed by atoms with E-state index < -0.39 is 0 Å². The molecule has 0 aromatic carbocycles. The number of thioether (sulfide) groups is 1. The second kappa shape index (κ2) is 3.44. The number of aromatic nitrogens is 3. The zero-order valence-corrected chi connectivity index (χ0v) is 7.35. The van der Waals surface area contributed by atoms with E-state index in [0.717, 1.165) is 11.0 Å². The Bertz CT molecular complexity index is 284. The van der Waals surface area contributed by atoms with Crippen molar-refractivity contribution >= 4 is 11.8 Å². The SMILES string of the molecule is C#CCSc1nnc(C)n1C. The normalized spacial score (nSPS) is 9.55. The van der Waals surface area contributed by atoms with Crippen molar-refractivity contribution in [2.75, 3.05) is 5.75 Å². The van der Waals surface area contributed by atoms with Crippen LogP contribution in [0.2, 0.25) is 0 Å². The summed E-state index contributed by atoms with van der Waals surface area (Å²) in [7, 11) is 1.92. The monoisotopic (exact) mass is 167 g/mol. The molecule has 0 atom stereocenters. The lowest BCUT2D eigenvalue weighted by Crippen LogP contribution is -1.93. The van der Waals surface area contributed by atoms with E-state index >= 15 is 0 Å². The average molecular weight is 167 g/mol. The number of terminal acetylenes is 1. The first kappa shape index (κ1) is 8.15. The zero-order chi connectivity index (χ0) is 8.27. The van der Waals surface area contributed by atoms with E-state index in [0.29, 0.717) is 5.75 Å². The van der Waals surface area contributed by atoms with Crippen molar-refractivity contribution in [3.63, 3.8) is 0 Å². The van der Waals surface area contributed by atoms with Crippen molar-refractivity contribution in [1.29, 1.82) is 0 Å². The van der Waals surface area contributed by atoms with E-state index in [1.54, 1.807) is 0 Å². The second-order valence-corrected chi connectivity index (χ2v) is 3.02. The summed E-state index contributed by atoms with van der Waals surface area (Å²) in [6.07, 6.45) is 5.10. The fraction of sp³-hybridized carbons (Fsp3) is 0.429. The highest BCUT2D eigenvalue weighted by Gasteiger charge is 2.02. The Morgan fingerprint density at radius 1 is 1.64 bits per heavy atom. The number of rotatable bonds is 2.